The number of morpholine rings is 1. The standard InChI is InChI=1S/C16H23NO2Si/c1-5-11-19-15-8-6-7-14(16(15)20(2,3)4)17-9-12-18-13-10-17/h1,6-8H,9-13H2,2-4H3. The van der Waals surface area contributed by atoms with Gasteiger partial charge < -0.3 is 14.4 Å². The molecule has 1 aliphatic heterocycles. The fourth-order valence-corrected chi connectivity index (χ4v) is 4.49. The summed E-state index contributed by atoms with van der Waals surface area (Å²) in [6.45, 7) is 10.8. The summed E-state index contributed by atoms with van der Waals surface area (Å²) in [6.07, 6.45) is 5.33. The lowest BCUT2D eigenvalue weighted by molar-refractivity contribution is 0.123. The second kappa shape index (κ2) is 6.34. The molecule has 3 nitrogen and oxygen atoms in total. The van der Waals surface area contributed by atoms with Crippen LogP contribution in [0.25, 0.3) is 0 Å². The van der Waals surface area contributed by atoms with Gasteiger partial charge in [0, 0.05) is 24.0 Å². The minimum Gasteiger partial charge on any atom is -0.481 e. The van der Waals surface area contributed by atoms with Crippen LogP contribution in [0.4, 0.5) is 5.69 Å². The van der Waals surface area contributed by atoms with E-state index in [0.717, 1.165) is 32.1 Å². The second-order valence-electron chi connectivity index (χ2n) is 5.99. The molecule has 0 amide bonds. The van der Waals surface area contributed by atoms with Crippen LogP contribution in [0.2, 0.25) is 19.6 Å². The van der Waals surface area contributed by atoms with Gasteiger partial charge in [0.15, 0.2) is 0 Å². The van der Waals surface area contributed by atoms with E-state index >= 15 is 0 Å². The van der Waals surface area contributed by atoms with Crippen LogP contribution in [0.15, 0.2) is 18.2 Å². The minimum atomic E-state index is -1.53. The van der Waals surface area contributed by atoms with Crippen LogP contribution in [0, 0.1) is 12.3 Å². The maximum absolute atomic E-state index is 5.78. The van der Waals surface area contributed by atoms with E-state index in [1.54, 1.807) is 0 Å². The highest BCUT2D eigenvalue weighted by Crippen LogP contribution is 2.24. The Morgan fingerprint density at radius 2 is 2.00 bits per heavy atom. The molecule has 1 aromatic rings. The molecule has 2 rings (SSSR count). The van der Waals surface area contributed by atoms with Crippen LogP contribution in [-0.2, 0) is 4.74 Å². The highest BCUT2D eigenvalue weighted by atomic mass is 28.3. The molecule has 0 atom stereocenters. The van der Waals surface area contributed by atoms with E-state index < -0.39 is 8.07 Å². The molecule has 0 bridgehead atoms. The Labute approximate surface area is 122 Å². The van der Waals surface area contributed by atoms with Gasteiger partial charge in [-0.15, -0.1) is 6.42 Å². The Balaban J connectivity index is 2.42. The van der Waals surface area contributed by atoms with Crippen LogP contribution in [0.5, 0.6) is 5.75 Å². The minimum absolute atomic E-state index is 0.323. The summed E-state index contributed by atoms with van der Waals surface area (Å²) in [4.78, 5) is 2.40. The van der Waals surface area contributed by atoms with Gasteiger partial charge in [0.05, 0.1) is 21.3 Å². The number of terminal acetylenes is 1. The molecule has 1 aromatic carbocycles. The van der Waals surface area contributed by atoms with Crippen LogP contribution < -0.4 is 14.8 Å². The Bertz CT molecular complexity index is 496. The smallest absolute Gasteiger partial charge is 0.148 e. The summed E-state index contributed by atoms with van der Waals surface area (Å²) in [5.74, 6) is 3.50. The van der Waals surface area contributed by atoms with Gasteiger partial charge in [-0.25, -0.2) is 0 Å². The molecule has 0 radical (unpaired) electrons. The van der Waals surface area contributed by atoms with Crippen LogP contribution in [-0.4, -0.2) is 41.0 Å². The molecule has 0 unspecified atom stereocenters. The average Bonchev–Trinajstić information content (AvgIpc) is 2.44. The number of hydrogen-bond donors (Lipinski definition) is 0. The first-order valence-corrected chi connectivity index (χ1v) is 10.6. The normalized spacial score (nSPS) is 15.8. The van der Waals surface area contributed by atoms with Crippen LogP contribution in [0.1, 0.15) is 0 Å². The summed E-state index contributed by atoms with van der Waals surface area (Å²) in [7, 11) is -1.53. The quantitative estimate of drug-likeness (QED) is 0.626. The molecule has 0 aromatic heterocycles. The third-order valence-electron chi connectivity index (χ3n) is 3.42. The Kier molecular flexibility index (Phi) is 4.74. The van der Waals surface area contributed by atoms with Crippen LogP contribution in [0.3, 0.4) is 0 Å². The van der Waals surface area contributed by atoms with Crippen molar-refractivity contribution in [3.05, 3.63) is 18.2 Å². The molecule has 0 N–H and O–H groups in total. The predicted octanol–water partition coefficient (Wildman–Crippen LogP) is 2.08. The van der Waals surface area contributed by atoms with Gasteiger partial charge in [-0.05, 0) is 12.1 Å². The van der Waals surface area contributed by atoms with Crippen molar-refractivity contribution in [3.63, 3.8) is 0 Å². The molecule has 1 heterocycles. The maximum Gasteiger partial charge on any atom is 0.148 e. The molecule has 1 aliphatic rings. The number of rotatable bonds is 4. The molecule has 0 saturated carbocycles. The van der Waals surface area contributed by atoms with Crippen molar-refractivity contribution < 1.29 is 9.47 Å². The van der Waals surface area contributed by atoms with Crippen molar-refractivity contribution in [1.82, 2.24) is 0 Å². The number of hydrogen-bond acceptors (Lipinski definition) is 3. The molecule has 1 saturated heterocycles. The van der Waals surface area contributed by atoms with Crippen molar-refractivity contribution in [2.75, 3.05) is 37.8 Å². The fraction of sp³-hybridized carbons (Fsp3) is 0.500. The predicted molar refractivity (Wildman–Crippen MR) is 86.8 cm³/mol. The lowest BCUT2D eigenvalue weighted by atomic mass is 10.2. The van der Waals surface area contributed by atoms with Gasteiger partial charge in [0.2, 0.25) is 0 Å². The summed E-state index contributed by atoms with van der Waals surface area (Å²) < 4.78 is 11.2. The summed E-state index contributed by atoms with van der Waals surface area (Å²) in [5, 5.41) is 1.36. The SMILES string of the molecule is C#CCOc1cccc(N2CCOCC2)c1[Si](C)(C)C. The van der Waals surface area contributed by atoms with Crippen molar-refractivity contribution in [2.45, 2.75) is 19.6 Å². The topological polar surface area (TPSA) is 21.7 Å². The van der Waals surface area contributed by atoms with Gasteiger partial charge in [-0.3, -0.25) is 0 Å². The van der Waals surface area contributed by atoms with E-state index in [1.165, 1.54) is 10.9 Å². The van der Waals surface area contributed by atoms with Gasteiger partial charge in [0.1, 0.15) is 12.4 Å². The molecule has 0 spiro atoms. The van der Waals surface area contributed by atoms with Crippen molar-refractivity contribution in [2.24, 2.45) is 0 Å². The van der Waals surface area contributed by atoms with Crippen molar-refractivity contribution in [1.29, 1.82) is 0 Å². The van der Waals surface area contributed by atoms with E-state index in [0.29, 0.717) is 6.61 Å². The molecule has 20 heavy (non-hydrogen) atoms. The zero-order chi connectivity index (χ0) is 14.6. The Hall–Kier alpha value is -1.44. The van der Waals surface area contributed by atoms with E-state index in [-0.39, 0.29) is 0 Å². The summed E-state index contributed by atoms with van der Waals surface area (Å²) >= 11 is 0. The molecule has 1 fully saturated rings. The molecule has 0 aliphatic carbocycles. The zero-order valence-electron chi connectivity index (χ0n) is 12.6. The highest BCUT2D eigenvalue weighted by Gasteiger charge is 2.27. The van der Waals surface area contributed by atoms with E-state index in [1.807, 2.05) is 6.07 Å². The molecular formula is C16H23NO2Si. The number of anilines is 1. The Morgan fingerprint density at radius 3 is 2.60 bits per heavy atom. The van der Waals surface area contributed by atoms with Gasteiger partial charge >= 0.3 is 0 Å². The second-order valence-corrected chi connectivity index (χ2v) is 11.0. The van der Waals surface area contributed by atoms with E-state index in [4.69, 9.17) is 15.9 Å². The third kappa shape index (κ3) is 3.36. The maximum atomic E-state index is 5.78. The highest BCUT2D eigenvalue weighted by molar-refractivity contribution is 6.90. The molecule has 108 valence electrons. The van der Waals surface area contributed by atoms with E-state index in [2.05, 4.69) is 42.6 Å². The van der Waals surface area contributed by atoms with Crippen molar-refractivity contribution in [3.8, 4) is 18.1 Å². The number of nitrogens with zero attached hydrogens (tertiary/aromatic N) is 1. The fourth-order valence-electron chi connectivity index (χ4n) is 2.58. The average molecular weight is 289 g/mol. The van der Waals surface area contributed by atoms with Gasteiger partial charge in [-0.1, -0.05) is 31.6 Å². The van der Waals surface area contributed by atoms with E-state index in [9.17, 15) is 0 Å². The van der Waals surface area contributed by atoms with Crippen molar-refractivity contribution >= 4 is 18.9 Å². The lowest BCUT2D eigenvalue weighted by Gasteiger charge is -2.34. The Morgan fingerprint density at radius 1 is 1.30 bits per heavy atom. The van der Waals surface area contributed by atoms with Crippen LogP contribution >= 0.6 is 0 Å². The molecular weight excluding hydrogens is 266 g/mol. The first-order chi connectivity index (χ1) is 9.54. The van der Waals surface area contributed by atoms with Gasteiger partial charge in [0.25, 0.3) is 0 Å². The third-order valence-corrected chi connectivity index (χ3v) is 5.42. The summed E-state index contributed by atoms with van der Waals surface area (Å²) in [6, 6.07) is 6.29. The number of ether oxygens (including phenoxy) is 2. The first-order valence-electron chi connectivity index (χ1n) is 7.06. The van der Waals surface area contributed by atoms with Gasteiger partial charge in [-0.2, -0.15) is 0 Å². The number of benzene rings is 1. The first kappa shape index (κ1) is 15.0. The molecule has 4 heteroatoms. The largest absolute Gasteiger partial charge is 0.481 e. The monoisotopic (exact) mass is 289 g/mol. The zero-order valence-corrected chi connectivity index (χ0v) is 13.6. The summed E-state index contributed by atoms with van der Waals surface area (Å²) in [5.41, 5.74) is 1.29. The lowest BCUT2D eigenvalue weighted by Crippen LogP contribution is -2.46.